The quantitative estimate of drug-likeness (QED) is 0.192. The van der Waals surface area contributed by atoms with Crippen molar-refractivity contribution in [3.63, 3.8) is 0 Å². The lowest BCUT2D eigenvalue weighted by Crippen LogP contribution is -2.22. The zero-order chi connectivity index (χ0) is 27.6. The van der Waals surface area contributed by atoms with Crippen LogP contribution in [0.25, 0.3) is 0 Å². The summed E-state index contributed by atoms with van der Waals surface area (Å²) >= 11 is 0. The largest absolute Gasteiger partial charge is 0.475 e. The number of ketones is 1. The van der Waals surface area contributed by atoms with Crippen molar-refractivity contribution >= 4 is 23.3 Å². The van der Waals surface area contributed by atoms with E-state index in [2.05, 4.69) is 12.2 Å². The summed E-state index contributed by atoms with van der Waals surface area (Å²) in [6.45, 7) is 14.6. The molecule has 0 fully saturated rings. The first-order valence-electron chi connectivity index (χ1n) is 12.1. The van der Waals surface area contributed by atoms with Crippen LogP contribution in [-0.2, 0) is 14.4 Å². The molecule has 0 aliphatic heterocycles. The molecule has 2 N–H and O–H groups in total. The number of aryl methyl sites for hydroxylation is 1. The molecule has 0 aromatic heterocycles. The third kappa shape index (κ3) is 8.29. The molecule has 0 saturated carbocycles. The van der Waals surface area contributed by atoms with Crippen LogP contribution in [0.2, 0.25) is 0 Å². The molecule has 0 aliphatic carbocycles. The summed E-state index contributed by atoms with van der Waals surface area (Å²) in [5.41, 5.74) is 4.04. The van der Waals surface area contributed by atoms with Crippen LogP contribution in [-0.4, -0.2) is 22.8 Å². The summed E-state index contributed by atoms with van der Waals surface area (Å²) in [4.78, 5) is 37.3. The molecule has 194 valence electrons. The van der Waals surface area contributed by atoms with Crippen LogP contribution in [0.15, 0.2) is 75.9 Å². The molecule has 0 spiro atoms. The Balaban J connectivity index is 3.84. The van der Waals surface area contributed by atoms with Crippen molar-refractivity contribution in [2.45, 2.75) is 68.2 Å². The van der Waals surface area contributed by atoms with Crippen molar-refractivity contribution < 1.29 is 23.9 Å². The van der Waals surface area contributed by atoms with E-state index in [0.717, 1.165) is 12.0 Å². The second-order valence-corrected chi connectivity index (χ2v) is 9.00. The molecule has 0 radical (unpaired) electrons. The number of carbonyl (C=O) groups excluding carboxylic acids is 2. The average Bonchev–Trinajstić information content (AvgIpc) is 2.84. The highest BCUT2D eigenvalue weighted by molar-refractivity contribution is 6.40. The van der Waals surface area contributed by atoms with Gasteiger partial charge in [0.2, 0.25) is 0 Å². The second-order valence-electron chi connectivity index (χ2n) is 9.00. The lowest BCUT2D eigenvalue weighted by atomic mass is 9.83. The fraction of sp³-hybridized carbons (Fsp3) is 0.367. The molecule has 5 nitrogen and oxygen atoms in total. The number of rotatable bonds is 11. The molecular weight excluding hydrogens is 457 g/mol. The summed E-state index contributed by atoms with van der Waals surface area (Å²) in [5.74, 6) is -3.61. The van der Waals surface area contributed by atoms with Gasteiger partial charge in [0, 0.05) is 16.8 Å². The number of amides is 1. The number of Topliss-reactive ketones (excluding diaryl/α,β-unsaturated/α-hetero) is 1. The zero-order valence-electron chi connectivity index (χ0n) is 22.6. The Hall–Kier alpha value is -3.54. The molecule has 1 rings (SSSR count). The van der Waals surface area contributed by atoms with Gasteiger partial charge in [0.1, 0.15) is 5.82 Å². The minimum atomic E-state index is -1.58. The number of nitrogens with one attached hydrogen (secondary N) is 1. The molecule has 0 aliphatic rings. The Labute approximate surface area is 214 Å². The first-order chi connectivity index (χ1) is 16.8. The zero-order valence-corrected chi connectivity index (χ0v) is 22.6. The Bertz CT molecular complexity index is 1170. The number of benzene rings is 1. The number of carboxylic acid groups (broad SMARTS) is 1. The van der Waals surface area contributed by atoms with Crippen LogP contribution in [0.4, 0.5) is 10.1 Å². The van der Waals surface area contributed by atoms with Crippen molar-refractivity contribution in [3.05, 3.63) is 87.3 Å². The predicted octanol–water partition coefficient (Wildman–Crippen LogP) is 7.26. The van der Waals surface area contributed by atoms with E-state index in [1.54, 1.807) is 13.8 Å². The van der Waals surface area contributed by atoms with Crippen LogP contribution in [0.5, 0.6) is 0 Å². The number of hydrogen-bond acceptors (Lipinski definition) is 3. The van der Waals surface area contributed by atoms with Crippen molar-refractivity contribution in [3.8, 4) is 0 Å². The lowest BCUT2D eigenvalue weighted by molar-refractivity contribution is -0.147. The number of carboxylic acids is 1. The van der Waals surface area contributed by atoms with E-state index in [0.29, 0.717) is 23.2 Å². The second kappa shape index (κ2) is 14.1. The normalized spacial score (nSPS) is 14.8. The highest BCUT2D eigenvalue weighted by atomic mass is 19.1. The van der Waals surface area contributed by atoms with Gasteiger partial charge in [-0.1, -0.05) is 50.6 Å². The highest BCUT2D eigenvalue weighted by Gasteiger charge is 2.26. The van der Waals surface area contributed by atoms with E-state index >= 15 is 0 Å². The lowest BCUT2D eigenvalue weighted by Gasteiger charge is -2.22. The molecule has 0 heterocycles. The van der Waals surface area contributed by atoms with Gasteiger partial charge >= 0.3 is 5.97 Å². The van der Waals surface area contributed by atoms with E-state index in [1.807, 2.05) is 52.0 Å². The summed E-state index contributed by atoms with van der Waals surface area (Å²) in [6, 6.07) is 4.26. The number of allylic oxidation sites excluding steroid dienone is 7. The van der Waals surface area contributed by atoms with Gasteiger partial charge < -0.3 is 10.4 Å². The van der Waals surface area contributed by atoms with Crippen molar-refractivity contribution in [2.75, 3.05) is 5.32 Å². The third-order valence-corrected chi connectivity index (χ3v) is 6.31. The summed E-state index contributed by atoms with van der Waals surface area (Å²) in [5, 5.41) is 12.1. The van der Waals surface area contributed by atoms with E-state index in [4.69, 9.17) is 0 Å². The van der Waals surface area contributed by atoms with Gasteiger partial charge in [0.25, 0.3) is 11.7 Å². The number of carbonyl (C=O) groups is 3. The van der Waals surface area contributed by atoms with Crippen LogP contribution in [0.3, 0.4) is 0 Å². The minimum Gasteiger partial charge on any atom is -0.475 e. The smallest absolute Gasteiger partial charge is 0.376 e. The van der Waals surface area contributed by atoms with Gasteiger partial charge in [-0.3, -0.25) is 9.59 Å². The number of anilines is 1. The van der Waals surface area contributed by atoms with Crippen LogP contribution in [0.1, 0.15) is 66.9 Å². The van der Waals surface area contributed by atoms with Gasteiger partial charge in [-0.15, -0.1) is 0 Å². The van der Waals surface area contributed by atoms with E-state index in [-0.39, 0.29) is 28.5 Å². The molecule has 1 unspecified atom stereocenters. The molecule has 0 bridgehead atoms. The predicted molar refractivity (Wildman–Crippen MR) is 144 cm³/mol. The average molecular weight is 496 g/mol. The molecule has 36 heavy (non-hydrogen) atoms. The number of hydrogen-bond donors (Lipinski definition) is 2. The summed E-state index contributed by atoms with van der Waals surface area (Å²) in [7, 11) is 0. The van der Waals surface area contributed by atoms with Crippen molar-refractivity contribution in [1.29, 1.82) is 0 Å². The molecule has 6 heteroatoms. The fourth-order valence-corrected chi connectivity index (χ4v) is 3.59. The minimum absolute atomic E-state index is 0.0198. The van der Waals surface area contributed by atoms with E-state index in [9.17, 15) is 23.9 Å². The molecule has 1 atom stereocenters. The van der Waals surface area contributed by atoms with Gasteiger partial charge in [-0.05, 0) is 93.9 Å². The van der Waals surface area contributed by atoms with Crippen LogP contribution < -0.4 is 5.32 Å². The maximum Gasteiger partial charge on any atom is 0.376 e. The van der Waals surface area contributed by atoms with E-state index in [1.165, 1.54) is 30.7 Å². The number of halogens is 1. The Morgan fingerprint density at radius 1 is 1.03 bits per heavy atom. The molecule has 1 aromatic rings. The standard InChI is InChI=1S/C30H38FNO4/c1-9-18(3)13-11-12-14-20(5)26(19(4)10-2)27(22(7)23(8)28(33)30(35)36)29(34)32-24-15-16-25(31)21(6)17-24/h11-17,19H,9-10H2,1-8H3,(H,32,34)(H,35,36)/b12-11-,18-13?,20-14+,23-22+,27-26-. The van der Waals surface area contributed by atoms with Crippen molar-refractivity contribution in [2.24, 2.45) is 5.92 Å². The monoisotopic (exact) mass is 495 g/mol. The Morgan fingerprint density at radius 2 is 1.64 bits per heavy atom. The topological polar surface area (TPSA) is 83.5 Å². The third-order valence-electron chi connectivity index (χ3n) is 6.31. The van der Waals surface area contributed by atoms with Gasteiger partial charge in [0.15, 0.2) is 0 Å². The Kier molecular flexibility index (Phi) is 12.0. The van der Waals surface area contributed by atoms with Crippen LogP contribution in [0, 0.1) is 18.7 Å². The maximum atomic E-state index is 13.8. The number of aliphatic carboxylic acids is 1. The molecule has 1 aromatic carbocycles. The molecule has 0 saturated heterocycles. The summed E-state index contributed by atoms with van der Waals surface area (Å²) < 4.78 is 13.8. The van der Waals surface area contributed by atoms with Gasteiger partial charge in [-0.2, -0.15) is 0 Å². The van der Waals surface area contributed by atoms with Crippen molar-refractivity contribution in [1.82, 2.24) is 0 Å². The molecular formula is C30H38FNO4. The highest BCUT2D eigenvalue weighted by Crippen LogP contribution is 2.32. The summed E-state index contributed by atoms with van der Waals surface area (Å²) in [6.07, 6.45) is 9.40. The first kappa shape index (κ1) is 30.5. The Morgan fingerprint density at radius 3 is 2.17 bits per heavy atom. The van der Waals surface area contributed by atoms with Gasteiger partial charge in [-0.25, -0.2) is 9.18 Å². The van der Waals surface area contributed by atoms with Gasteiger partial charge in [0.05, 0.1) is 0 Å². The van der Waals surface area contributed by atoms with E-state index < -0.39 is 17.7 Å². The SMILES string of the molecule is CCC(C)=C\C=C/C=C(C)/C(=C(C(=O)Nc1ccc(F)c(C)c1)/C(C)=C(\C)C(=O)C(=O)O)C(C)CC. The maximum absolute atomic E-state index is 13.8. The molecule has 1 amide bonds. The van der Waals surface area contributed by atoms with Crippen LogP contribution >= 0.6 is 0 Å². The fourth-order valence-electron chi connectivity index (χ4n) is 3.59. The first-order valence-corrected chi connectivity index (χ1v) is 12.1.